The molecule has 1 aromatic heterocycles. The molecule has 0 atom stereocenters. The molecule has 0 bridgehead atoms. The summed E-state index contributed by atoms with van der Waals surface area (Å²) in [6, 6.07) is 10.5. The minimum atomic E-state index is -0.818. The first-order chi connectivity index (χ1) is 12.0. The van der Waals surface area contributed by atoms with E-state index in [-0.39, 0.29) is 18.5 Å². The molecule has 0 aliphatic carbocycles. The van der Waals surface area contributed by atoms with Crippen LogP contribution in [0.3, 0.4) is 0 Å². The molecule has 1 N–H and O–H groups in total. The van der Waals surface area contributed by atoms with E-state index >= 15 is 0 Å². The number of halogens is 3. The highest BCUT2D eigenvalue weighted by atomic mass is 79.9. The summed E-state index contributed by atoms with van der Waals surface area (Å²) in [5, 5.41) is 2.40. The second kappa shape index (κ2) is 7.57. The molecule has 3 rings (SSSR count). The molecule has 0 spiro atoms. The molecule has 0 radical (unpaired) electrons. The summed E-state index contributed by atoms with van der Waals surface area (Å²) in [6.07, 6.45) is 1.93. The number of rotatable bonds is 5. The molecule has 4 nitrogen and oxygen atoms in total. The van der Waals surface area contributed by atoms with Crippen LogP contribution in [0.25, 0.3) is 11.3 Å². The largest absolute Gasteiger partial charge is 0.441 e. The van der Waals surface area contributed by atoms with Crippen LogP contribution in [0, 0.1) is 11.6 Å². The Morgan fingerprint density at radius 1 is 1.16 bits per heavy atom. The highest BCUT2D eigenvalue weighted by Gasteiger charge is 2.11. The molecule has 1 amide bonds. The number of amides is 1. The molecule has 1 heterocycles. The van der Waals surface area contributed by atoms with Crippen LogP contribution in [0.4, 0.5) is 14.5 Å². The van der Waals surface area contributed by atoms with Gasteiger partial charge < -0.3 is 9.73 Å². The van der Waals surface area contributed by atoms with Crippen LogP contribution < -0.4 is 5.32 Å². The molecular weight excluding hydrogens is 394 g/mol. The number of hydrogen-bond donors (Lipinski definition) is 1. The second-order valence-electron chi connectivity index (χ2n) is 5.30. The summed E-state index contributed by atoms with van der Waals surface area (Å²) in [4.78, 5) is 16.0. The highest BCUT2D eigenvalue weighted by Crippen LogP contribution is 2.23. The lowest BCUT2D eigenvalue weighted by atomic mass is 10.2. The van der Waals surface area contributed by atoms with Crippen molar-refractivity contribution in [1.82, 2.24) is 4.98 Å². The molecule has 25 heavy (non-hydrogen) atoms. The Balaban J connectivity index is 1.58. The molecule has 0 saturated heterocycles. The summed E-state index contributed by atoms with van der Waals surface area (Å²) >= 11 is 3.36. The van der Waals surface area contributed by atoms with Gasteiger partial charge in [0, 0.05) is 28.9 Å². The molecule has 0 aliphatic heterocycles. The highest BCUT2D eigenvalue weighted by molar-refractivity contribution is 9.10. The quantitative estimate of drug-likeness (QED) is 0.651. The average molecular weight is 407 g/mol. The standard InChI is InChI=1S/C18H13BrF2N2O2/c19-12-3-1-11(2-4-12)16-10-22-18(25-16)8-7-17(24)23-15-6-5-13(20)9-14(15)21/h1-6,9-10H,7-8H2,(H,23,24). The maximum Gasteiger partial charge on any atom is 0.224 e. The predicted molar refractivity (Wildman–Crippen MR) is 92.9 cm³/mol. The number of nitrogens with one attached hydrogen (secondary N) is 1. The zero-order valence-corrected chi connectivity index (χ0v) is 14.5. The third-order valence-corrected chi connectivity index (χ3v) is 3.98. The monoisotopic (exact) mass is 406 g/mol. The normalized spacial score (nSPS) is 10.7. The molecule has 3 aromatic rings. The van der Waals surface area contributed by atoms with E-state index in [1.54, 1.807) is 6.20 Å². The maximum absolute atomic E-state index is 13.5. The van der Waals surface area contributed by atoms with Crippen molar-refractivity contribution in [3.63, 3.8) is 0 Å². The maximum atomic E-state index is 13.5. The number of anilines is 1. The van der Waals surface area contributed by atoms with Gasteiger partial charge in [-0.1, -0.05) is 28.1 Å². The summed E-state index contributed by atoms with van der Waals surface area (Å²) in [5.41, 5.74) is 0.814. The van der Waals surface area contributed by atoms with E-state index in [1.807, 2.05) is 24.3 Å². The lowest BCUT2D eigenvalue weighted by Crippen LogP contribution is -2.13. The molecular formula is C18H13BrF2N2O2. The Morgan fingerprint density at radius 2 is 1.92 bits per heavy atom. The summed E-state index contributed by atoms with van der Waals surface area (Å²) in [6.45, 7) is 0. The smallest absolute Gasteiger partial charge is 0.224 e. The van der Waals surface area contributed by atoms with Crippen LogP contribution in [-0.4, -0.2) is 10.9 Å². The van der Waals surface area contributed by atoms with Crippen LogP contribution in [0.15, 0.2) is 57.6 Å². The van der Waals surface area contributed by atoms with E-state index < -0.39 is 17.5 Å². The van der Waals surface area contributed by atoms with Crippen molar-refractivity contribution in [2.75, 3.05) is 5.32 Å². The zero-order chi connectivity index (χ0) is 17.8. The van der Waals surface area contributed by atoms with Crippen molar-refractivity contribution in [2.45, 2.75) is 12.8 Å². The number of hydrogen-bond acceptors (Lipinski definition) is 3. The first kappa shape index (κ1) is 17.3. The van der Waals surface area contributed by atoms with Crippen LogP contribution in [-0.2, 0) is 11.2 Å². The molecule has 0 aliphatic rings. The predicted octanol–water partition coefficient (Wildman–Crippen LogP) is 4.95. The van der Waals surface area contributed by atoms with Crippen LogP contribution in [0.2, 0.25) is 0 Å². The van der Waals surface area contributed by atoms with Gasteiger partial charge in [-0.05, 0) is 24.3 Å². The minimum Gasteiger partial charge on any atom is -0.441 e. The molecule has 128 valence electrons. The topological polar surface area (TPSA) is 55.1 Å². The Hall–Kier alpha value is -2.54. The molecule has 0 unspecified atom stereocenters. The van der Waals surface area contributed by atoms with E-state index in [0.29, 0.717) is 17.7 Å². The Bertz CT molecular complexity index is 894. The Morgan fingerprint density at radius 3 is 2.64 bits per heavy atom. The lowest BCUT2D eigenvalue weighted by molar-refractivity contribution is -0.116. The van der Waals surface area contributed by atoms with Crippen molar-refractivity contribution < 1.29 is 18.0 Å². The first-order valence-electron chi connectivity index (χ1n) is 7.47. The number of oxazole rings is 1. The van der Waals surface area contributed by atoms with Crippen molar-refractivity contribution in [3.8, 4) is 11.3 Å². The van der Waals surface area contributed by atoms with Crippen molar-refractivity contribution in [1.29, 1.82) is 0 Å². The number of carbonyl (C=O) groups excluding carboxylic acids is 1. The summed E-state index contributed by atoms with van der Waals surface area (Å²) < 4.78 is 32.9. The SMILES string of the molecule is O=C(CCc1ncc(-c2ccc(Br)cc2)o1)Nc1ccc(F)cc1F. The van der Waals surface area contributed by atoms with Gasteiger partial charge in [-0.25, -0.2) is 13.8 Å². The number of nitrogens with zero attached hydrogens (tertiary/aromatic N) is 1. The molecule has 0 saturated carbocycles. The number of benzene rings is 2. The van der Waals surface area contributed by atoms with Gasteiger partial charge in [-0.3, -0.25) is 4.79 Å². The number of aryl methyl sites for hydroxylation is 1. The zero-order valence-electron chi connectivity index (χ0n) is 12.9. The van der Waals surface area contributed by atoms with Gasteiger partial charge >= 0.3 is 0 Å². The lowest BCUT2D eigenvalue weighted by Gasteiger charge is -2.05. The van der Waals surface area contributed by atoms with Crippen molar-refractivity contribution in [2.24, 2.45) is 0 Å². The fourth-order valence-electron chi connectivity index (χ4n) is 2.20. The van der Waals surface area contributed by atoms with Crippen LogP contribution >= 0.6 is 15.9 Å². The third-order valence-electron chi connectivity index (χ3n) is 3.45. The van der Waals surface area contributed by atoms with Crippen LogP contribution in [0.1, 0.15) is 12.3 Å². The van der Waals surface area contributed by atoms with E-state index in [4.69, 9.17) is 4.42 Å². The fourth-order valence-corrected chi connectivity index (χ4v) is 2.46. The van der Waals surface area contributed by atoms with Gasteiger partial charge in [0.05, 0.1) is 11.9 Å². The summed E-state index contributed by atoms with van der Waals surface area (Å²) in [7, 11) is 0. The molecule has 2 aromatic carbocycles. The molecule has 7 heteroatoms. The average Bonchev–Trinajstić information content (AvgIpc) is 3.05. The van der Waals surface area contributed by atoms with Crippen LogP contribution in [0.5, 0.6) is 0 Å². The Kier molecular flexibility index (Phi) is 5.23. The van der Waals surface area contributed by atoms with Gasteiger partial charge in [0.1, 0.15) is 11.6 Å². The minimum absolute atomic E-state index is 0.0608. The third kappa shape index (κ3) is 4.51. The fraction of sp³-hybridized carbons (Fsp3) is 0.111. The van der Waals surface area contributed by atoms with Gasteiger partial charge in [-0.2, -0.15) is 0 Å². The van der Waals surface area contributed by atoms with Gasteiger partial charge in [-0.15, -0.1) is 0 Å². The van der Waals surface area contributed by atoms with E-state index in [2.05, 4.69) is 26.2 Å². The summed E-state index contributed by atoms with van der Waals surface area (Å²) in [5.74, 6) is -0.910. The Labute approximate surface area is 151 Å². The second-order valence-corrected chi connectivity index (χ2v) is 6.21. The van der Waals surface area contributed by atoms with E-state index in [0.717, 1.165) is 16.1 Å². The van der Waals surface area contributed by atoms with E-state index in [1.165, 1.54) is 6.07 Å². The van der Waals surface area contributed by atoms with Gasteiger partial charge in [0.15, 0.2) is 11.7 Å². The molecule has 0 fully saturated rings. The number of carbonyl (C=O) groups is 1. The van der Waals surface area contributed by atoms with Crippen molar-refractivity contribution >= 4 is 27.5 Å². The van der Waals surface area contributed by atoms with Gasteiger partial charge in [0.25, 0.3) is 0 Å². The van der Waals surface area contributed by atoms with E-state index in [9.17, 15) is 13.6 Å². The van der Waals surface area contributed by atoms with Crippen molar-refractivity contribution in [3.05, 3.63) is 70.7 Å². The first-order valence-corrected chi connectivity index (χ1v) is 8.26. The van der Waals surface area contributed by atoms with Gasteiger partial charge in [0.2, 0.25) is 5.91 Å². The number of aromatic nitrogens is 1.